The lowest BCUT2D eigenvalue weighted by Gasteiger charge is -2.32. The molecule has 0 aromatic rings. The van der Waals surface area contributed by atoms with Crippen molar-refractivity contribution in [1.82, 2.24) is 14.5 Å². The molecular formula is C14H22N4O4S. The molecule has 9 heteroatoms. The first-order valence-corrected chi connectivity index (χ1v) is 9.46. The second-order valence-corrected chi connectivity index (χ2v) is 7.68. The van der Waals surface area contributed by atoms with Crippen molar-refractivity contribution < 1.29 is 17.9 Å². The van der Waals surface area contributed by atoms with Crippen LogP contribution in [0.5, 0.6) is 0 Å². The summed E-state index contributed by atoms with van der Waals surface area (Å²) in [5.41, 5.74) is 0.0239. The van der Waals surface area contributed by atoms with Crippen LogP contribution in [-0.4, -0.2) is 75.2 Å². The molecule has 1 unspecified atom stereocenters. The maximum atomic E-state index is 12.0. The quantitative estimate of drug-likeness (QED) is 0.522. The van der Waals surface area contributed by atoms with Gasteiger partial charge in [-0.1, -0.05) is 0 Å². The van der Waals surface area contributed by atoms with Crippen LogP contribution in [0.3, 0.4) is 0 Å². The summed E-state index contributed by atoms with van der Waals surface area (Å²) in [6, 6.07) is 1.90. The van der Waals surface area contributed by atoms with Crippen LogP contribution in [0, 0.1) is 11.3 Å². The van der Waals surface area contributed by atoms with Gasteiger partial charge in [-0.3, -0.25) is 4.79 Å². The van der Waals surface area contributed by atoms with E-state index in [9.17, 15) is 13.2 Å². The first kappa shape index (κ1) is 17.7. The van der Waals surface area contributed by atoms with Crippen molar-refractivity contribution in [3.8, 4) is 6.07 Å². The minimum absolute atomic E-state index is 0.0239. The summed E-state index contributed by atoms with van der Waals surface area (Å²) in [7, 11) is -3.19. The van der Waals surface area contributed by atoms with Crippen molar-refractivity contribution in [2.75, 3.05) is 45.6 Å². The molecule has 23 heavy (non-hydrogen) atoms. The highest BCUT2D eigenvalue weighted by molar-refractivity contribution is 7.88. The van der Waals surface area contributed by atoms with Gasteiger partial charge in [-0.2, -0.15) is 9.57 Å². The van der Waals surface area contributed by atoms with E-state index in [1.54, 1.807) is 4.90 Å². The molecule has 0 aromatic carbocycles. The minimum Gasteiger partial charge on any atom is -0.376 e. The van der Waals surface area contributed by atoms with Gasteiger partial charge in [-0.15, -0.1) is 0 Å². The molecule has 1 atom stereocenters. The predicted molar refractivity (Wildman–Crippen MR) is 83.7 cm³/mol. The number of sulfonamides is 1. The van der Waals surface area contributed by atoms with Crippen LogP contribution in [0.1, 0.15) is 12.8 Å². The van der Waals surface area contributed by atoms with E-state index < -0.39 is 15.9 Å². The fourth-order valence-electron chi connectivity index (χ4n) is 2.59. The highest BCUT2D eigenvalue weighted by atomic mass is 32.2. The van der Waals surface area contributed by atoms with Gasteiger partial charge in [-0.05, 0) is 12.8 Å². The summed E-state index contributed by atoms with van der Waals surface area (Å²) < 4.78 is 29.7. The largest absolute Gasteiger partial charge is 0.376 e. The Kier molecular flexibility index (Phi) is 5.98. The van der Waals surface area contributed by atoms with Crippen molar-refractivity contribution in [3.63, 3.8) is 0 Å². The Morgan fingerprint density at radius 3 is 2.61 bits per heavy atom. The summed E-state index contributed by atoms with van der Waals surface area (Å²) in [6.45, 7) is 2.73. The van der Waals surface area contributed by atoms with Crippen molar-refractivity contribution in [3.05, 3.63) is 11.8 Å². The van der Waals surface area contributed by atoms with Gasteiger partial charge in [0, 0.05) is 45.5 Å². The molecule has 2 aliphatic rings. The normalized spacial score (nSPS) is 23.6. The molecule has 2 fully saturated rings. The Bertz CT molecular complexity index is 597. The number of carbonyl (C=O) groups excluding carboxylic acids is 1. The third-order valence-corrected chi connectivity index (χ3v) is 5.24. The maximum absolute atomic E-state index is 12.0. The Labute approximate surface area is 136 Å². The molecule has 1 amide bonds. The van der Waals surface area contributed by atoms with E-state index in [2.05, 4.69) is 5.32 Å². The SMILES string of the molecule is CS(=O)(=O)N1CCN(/C=C(/C#N)C(=O)NCC2CCCO2)CC1. The number of nitrogens with one attached hydrogen (secondary N) is 1. The number of rotatable bonds is 5. The van der Waals surface area contributed by atoms with E-state index in [0.29, 0.717) is 39.3 Å². The molecule has 0 aliphatic carbocycles. The van der Waals surface area contributed by atoms with Gasteiger partial charge in [-0.25, -0.2) is 8.42 Å². The van der Waals surface area contributed by atoms with Crippen molar-refractivity contribution in [1.29, 1.82) is 5.26 Å². The number of nitrogens with zero attached hydrogens (tertiary/aromatic N) is 3. The van der Waals surface area contributed by atoms with Gasteiger partial charge >= 0.3 is 0 Å². The molecule has 0 saturated carbocycles. The highest BCUT2D eigenvalue weighted by Gasteiger charge is 2.23. The Morgan fingerprint density at radius 1 is 1.39 bits per heavy atom. The summed E-state index contributed by atoms with van der Waals surface area (Å²) >= 11 is 0. The predicted octanol–water partition coefficient (Wildman–Crippen LogP) is -0.734. The van der Waals surface area contributed by atoms with Crippen LogP contribution in [0.4, 0.5) is 0 Å². The van der Waals surface area contributed by atoms with E-state index in [1.807, 2.05) is 6.07 Å². The highest BCUT2D eigenvalue weighted by Crippen LogP contribution is 2.11. The zero-order chi connectivity index (χ0) is 16.9. The van der Waals surface area contributed by atoms with Gasteiger partial charge in [0.2, 0.25) is 10.0 Å². The van der Waals surface area contributed by atoms with Gasteiger partial charge in [0.1, 0.15) is 11.6 Å². The lowest BCUT2D eigenvalue weighted by molar-refractivity contribution is -0.117. The lowest BCUT2D eigenvalue weighted by Crippen LogP contribution is -2.46. The van der Waals surface area contributed by atoms with Crippen LogP contribution in [0.25, 0.3) is 0 Å². The first-order chi connectivity index (χ1) is 10.9. The Morgan fingerprint density at radius 2 is 2.09 bits per heavy atom. The zero-order valence-electron chi connectivity index (χ0n) is 13.2. The molecule has 8 nitrogen and oxygen atoms in total. The van der Waals surface area contributed by atoms with E-state index >= 15 is 0 Å². The number of nitriles is 1. The smallest absolute Gasteiger partial charge is 0.263 e. The Hall–Kier alpha value is -1.63. The molecular weight excluding hydrogens is 320 g/mol. The van der Waals surface area contributed by atoms with Crippen LogP contribution >= 0.6 is 0 Å². The lowest BCUT2D eigenvalue weighted by atomic mass is 10.2. The monoisotopic (exact) mass is 342 g/mol. The molecule has 2 rings (SSSR count). The second-order valence-electron chi connectivity index (χ2n) is 5.70. The van der Waals surface area contributed by atoms with E-state index in [4.69, 9.17) is 10.00 Å². The van der Waals surface area contributed by atoms with Crippen LogP contribution in [-0.2, 0) is 19.6 Å². The van der Waals surface area contributed by atoms with Crippen molar-refractivity contribution >= 4 is 15.9 Å². The van der Waals surface area contributed by atoms with Crippen LogP contribution in [0.15, 0.2) is 11.8 Å². The number of ether oxygens (including phenoxy) is 1. The zero-order valence-corrected chi connectivity index (χ0v) is 14.0. The third kappa shape index (κ3) is 5.20. The molecule has 2 aliphatic heterocycles. The van der Waals surface area contributed by atoms with Gasteiger partial charge in [0.25, 0.3) is 5.91 Å². The van der Waals surface area contributed by atoms with E-state index in [-0.39, 0.29) is 11.7 Å². The fraction of sp³-hybridized carbons (Fsp3) is 0.714. The van der Waals surface area contributed by atoms with E-state index in [1.165, 1.54) is 16.8 Å². The standard InChI is InChI=1S/C14H22N4O4S/c1-23(20,21)18-6-4-17(5-7-18)11-12(9-15)14(19)16-10-13-3-2-8-22-13/h11,13H,2-8,10H2,1H3,(H,16,19)/b12-11-. The summed E-state index contributed by atoms with van der Waals surface area (Å²) in [6.07, 6.45) is 4.62. The molecule has 0 radical (unpaired) electrons. The minimum atomic E-state index is -3.19. The third-order valence-electron chi connectivity index (χ3n) is 3.93. The average Bonchev–Trinajstić information content (AvgIpc) is 3.03. The second kappa shape index (κ2) is 7.77. The molecule has 128 valence electrons. The number of piperazine rings is 1. The number of amides is 1. The topological polar surface area (TPSA) is 103 Å². The summed E-state index contributed by atoms with van der Waals surface area (Å²) in [5.74, 6) is -0.423. The molecule has 1 N–H and O–H groups in total. The molecule has 2 saturated heterocycles. The van der Waals surface area contributed by atoms with Gasteiger partial charge < -0.3 is 15.0 Å². The average molecular weight is 342 g/mol. The van der Waals surface area contributed by atoms with Crippen molar-refractivity contribution in [2.45, 2.75) is 18.9 Å². The molecule has 0 spiro atoms. The van der Waals surface area contributed by atoms with Crippen LogP contribution in [0.2, 0.25) is 0 Å². The molecule has 0 bridgehead atoms. The Balaban J connectivity index is 1.86. The van der Waals surface area contributed by atoms with Crippen molar-refractivity contribution in [2.24, 2.45) is 0 Å². The summed E-state index contributed by atoms with van der Waals surface area (Å²) in [4.78, 5) is 13.8. The molecule has 2 heterocycles. The fourth-order valence-corrected chi connectivity index (χ4v) is 3.42. The number of hydrogen-bond acceptors (Lipinski definition) is 6. The number of carbonyl (C=O) groups is 1. The summed E-state index contributed by atoms with van der Waals surface area (Å²) in [5, 5.41) is 11.9. The van der Waals surface area contributed by atoms with Crippen LogP contribution < -0.4 is 5.32 Å². The molecule has 0 aromatic heterocycles. The van der Waals surface area contributed by atoms with E-state index in [0.717, 1.165) is 12.8 Å². The van der Waals surface area contributed by atoms with Gasteiger partial charge in [0.05, 0.1) is 12.4 Å². The van der Waals surface area contributed by atoms with Gasteiger partial charge in [0.15, 0.2) is 0 Å². The first-order valence-electron chi connectivity index (χ1n) is 7.61. The maximum Gasteiger partial charge on any atom is 0.263 e. The number of hydrogen-bond donors (Lipinski definition) is 1.